The van der Waals surface area contributed by atoms with Crippen LogP contribution in [0.5, 0.6) is 11.5 Å². The Balaban J connectivity index is 2.12. The van der Waals surface area contributed by atoms with Crippen LogP contribution in [0.2, 0.25) is 0 Å². The number of amides is 2. The number of aryl methyl sites for hydroxylation is 1. The molecule has 2 amide bonds. The van der Waals surface area contributed by atoms with Crippen molar-refractivity contribution in [2.45, 2.75) is 44.0 Å². The van der Waals surface area contributed by atoms with Crippen molar-refractivity contribution in [2.24, 2.45) is 15.9 Å². The maximum atomic E-state index is 12.9. The quantitative estimate of drug-likeness (QED) is 0.279. The summed E-state index contributed by atoms with van der Waals surface area (Å²) in [5.74, 6) is -0.111. The third kappa shape index (κ3) is 7.97. The first-order valence-corrected chi connectivity index (χ1v) is 12.3. The number of ether oxygens (including phenoxy) is 2. The minimum atomic E-state index is -3.94. The molecule has 6 N–H and O–H groups in total. The number of primary sulfonamides is 1. The highest BCUT2D eigenvalue weighted by Gasteiger charge is 2.20. The lowest BCUT2D eigenvalue weighted by molar-refractivity contribution is -0.119. The molecule has 0 saturated carbocycles. The molecule has 0 fully saturated rings. The molecular formula is C23H31N5O6S. The Morgan fingerprint density at radius 3 is 2.37 bits per heavy atom. The molecule has 0 saturated heterocycles. The van der Waals surface area contributed by atoms with Crippen LogP contribution in [0, 0.1) is 6.92 Å². The molecule has 2 rings (SSSR count). The highest BCUT2D eigenvalue weighted by Crippen LogP contribution is 2.27. The Labute approximate surface area is 204 Å². The van der Waals surface area contributed by atoms with Crippen LogP contribution >= 0.6 is 0 Å². The van der Waals surface area contributed by atoms with Gasteiger partial charge >= 0.3 is 0 Å². The first-order chi connectivity index (χ1) is 16.5. The summed E-state index contributed by atoms with van der Waals surface area (Å²) in [7, 11) is -0.922. The number of guanidine groups is 1. The molecule has 190 valence electrons. The molecular weight excluding hydrogens is 474 g/mol. The SMILES string of the molecule is CCC[C@@H](N=C(N)NC(=O)Cc1ccc(OC)c(OC)c1)C(=O)Nc1cc(S(N)(=O)=O)ccc1C. The van der Waals surface area contributed by atoms with E-state index in [-0.39, 0.29) is 23.0 Å². The zero-order chi connectivity index (χ0) is 26.2. The van der Waals surface area contributed by atoms with Gasteiger partial charge in [0.2, 0.25) is 21.8 Å². The number of aliphatic imine (C=N–C) groups is 1. The molecule has 1 atom stereocenters. The molecule has 2 aromatic carbocycles. The zero-order valence-corrected chi connectivity index (χ0v) is 20.9. The second-order valence-corrected chi connectivity index (χ2v) is 9.31. The van der Waals surface area contributed by atoms with Crippen LogP contribution in [-0.4, -0.2) is 46.5 Å². The zero-order valence-electron chi connectivity index (χ0n) is 20.1. The van der Waals surface area contributed by atoms with Gasteiger partial charge in [0, 0.05) is 5.69 Å². The number of rotatable bonds is 10. The predicted octanol–water partition coefficient (Wildman–Crippen LogP) is 1.44. The average molecular weight is 506 g/mol. The van der Waals surface area contributed by atoms with Crippen molar-refractivity contribution >= 4 is 33.5 Å². The van der Waals surface area contributed by atoms with Gasteiger partial charge in [-0.25, -0.2) is 18.5 Å². The van der Waals surface area contributed by atoms with Gasteiger partial charge in [-0.05, 0) is 48.7 Å². The number of anilines is 1. The smallest absolute Gasteiger partial charge is 0.249 e. The van der Waals surface area contributed by atoms with Gasteiger partial charge in [-0.1, -0.05) is 25.5 Å². The Hall–Kier alpha value is -3.64. The number of methoxy groups -OCH3 is 2. The Morgan fingerprint density at radius 2 is 1.77 bits per heavy atom. The van der Waals surface area contributed by atoms with Crippen LogP contribution in [0.15, 0.2) is 46.3 Å². The van der Waals surface area contributed by atoms with Gasteiger partial charge in [-0.15, -0.1) is 0 Å². The lowest BCUT2D eigenvalue weighted by Gasteiger charge is -2.15. The number of nitrogens with two attached hydrogens (primary N) is 2. The van der Waals surface area contributed by atoms with Crippen LogP contribution in [0.3, 0.4) is 0 Å². The molecule has 0 aromatic heterocycles. The van der Waals surface area contributed by atoms with Crippen LogP contribution < -0.4 is 31.0 Å². The third-order valence-electron chi connectivity index (χ3n) is 5.04. The summed E-state index contributed by atoms with van der Waals surface area (Å²) in [6.45, 7) is 3.58. The second-order valence-electron chi connectivity index (χ2n) is 7.74. The third-order valence-corrected chi connectivity index (χ3v) is 5.95. The van der Waals surface area contributed by atoms with Crippen LogP contribution in [-0.2, 0) is 26.0 Å². The van der Waals surface area contributed by atoms with Gasteiger partial charge < -0.3 is 20.5 Å². The summed E-state index contributed by atoms with van der Waals surface area (Å²) in [5.41, 5.74) is 7.49. The minimum absolute atomic E-state index is 0.000759. The van der Waals surface area contributed by atoms with Crippen molar-refractivity contribution in [3.8, 4) is 11.5 Å². The highest BCUT2D eigenvalue weighted by atomic mass is 32.2. The van der Waals surface area contributed by atoms with Crippen molar-refractivity contribution < 1.29 is 27.5 Å². The largest absolute Gasteiger partial charge is 0.493 e. The van der Waals surface area contributed by atoms with E-state index in [4.69, 9.17) is 20.3 Å². The van der Waals surface area contributed by atoms with Crippen LogP contribution in [0.25, 0.3) is 0 Å². The van der Waals surface area contributed by atoms with Crippen molar-refractivity contribution in [3.05, 3.63) is 47.5 Å². The number of carbonyl (C=O) groups is 2. The van der Waals surface area contributed by atoms with Crippen LogP contribution in [0.1, 0.15) is 30.9 Å². The highest BCUT2D eigenvalue weighted by molar-refractivity contribution is 7.89. The first-order valence-electron chi connectivity index (χ1n) is 10.8. The fourth-order valence-corrected chi connectivity index (χ4v) is 3.76. The van der Waals surface area contributed by atoms with E-state index >= 15 is 0 Å². The summed E-state index contributed by atoms with van der Waals surface area (Å²) in [6.07, 6.45) is 0.970. The Morgan fingerprint density at radius 1 is 1.09 bits per heavy atom. The number of hydrogen-bond acceptors (Lipinski definition) is 7. The van der Waals surface area contributed by atoms with Gasteiger partial charge in [0.05, 0.1) is 25.5 Å². The maximum absolute atomic E-state index is 12.9. The topological polar surface area (TPSA) is 175 Å². The molecule has 0 heterocycles. The molecule has 11 nitrogen and oxygen atoms in total. The van der Waals surface area contributed by atoms with E-state index in [0.717, 1.165) is 0 Å². The van der Waals surface area contributed by atoms with Crippen LogP contribution in [0.4, 0.5) is 5.69 Å². The van der Waals surface area contributed by atoms with Gasteiger partial charge in [0.1, 0.15) is 6.04 Å². The van der Waals surface area contributed by atoms with Gasteiger partial charge in [-0.3, -0.25) is 14.9 Å². The second kappa shape index (κ2) is 12.2. The molecule has 2 aromatic rings. The summed E-state index contributed by atoms with van der Waals surface area (Å²) in [4.78, 5) is 29.3. The monoisotopic (exact) mass is 505 g/mol. The molecule has 0 aliphatic heterocycles. The number of nitrogens with zero attached hydrogens (tertiary/aromatic N) is 1. The lowest BCUT2D eigenvalue weighted by Crippen LogP contribution is -2.40. The van der Waals surface area contributed by atoms with E-state index in [1.807, 2.05) is 6.92 Å². The number of nitrogens with one attached hydrogen (secondary N) is 2. The predicted molar refractivity (Wildman–Crippen MR) is 133 cm³/mol. The van der Waals surface area contributed by atoms with Crippen molar-refractivity contribution in [3.63, 3.8) is 0 Å². The van der Waals surface area contributed by atoms with Gasteiger partial charge in [0.25, 0.3) is 0 Å². The first kappa shape index (κ1) is 27.6. The number of hydrogen-bond donors (Lipinski definition) is 4. The molecule has 0 unspecified atom stereocenters. The molecule has 0 aliphatic rings. The number of carbonyl (C=O) groups excluding carboxylic acids is 2. The molecule has 35 heavy (non-hydrogen) atoms. The molecule has 0 aliphatic carbocycles. The van der Waals surface area contributed by atoms with Gasteiger partial charge in [0.15, 0.2) is 17.5 Å². The number of sulfonamides is 1. The lowest BCUT2D eigenvalue weighted by atomic mass is 10.1. The summed E-state index contributed by atoms with van der Waals surface area (Å²) in [6, 6.07) is 8.36. The molecule has 0 spiro atoms. The van der Waals surface area contributed by atoms with Crippen molar-refractivity contribution in [1.29, 1.82) is 0 Å². The van der Waals surface area contributed by atoms with E-state index in [1.165, 1.54) is 32.4 Å². The van der Waals surface area contributed by atoms with E-state index in [2.05, 4.69) is 15.6 Å². The fraction of sp³-hybridized carbons (Fsp3) is 0.348. The molecule has 12 heteroatoms. The number of benzene rings is 2. The minimum Gasteiger partial charge on any atom is -0.493 e. The summed E-state index contributed by atoms with van der Waals surface area (Å²) in [5, 5.41) is 10.3. The van der Waals surface area contributed by atoms with Crippen molar-refractivity contribution in [2.75, 3.05) is 19.5 Å². The molecule has 0 bridgehead atoms. The van der Waals surface area contributed by atoms with Crippen molar-refractivity contribution in [1.82, 2.24) is 5.32 Å². The summed E-state index contributed by atoms with van der Waals surface area (Å²) >= 11 is 0. The Kier molecular flexibility index (Phi) is 9.60. The standard InChI is InChI=1S/C23H31N5O6S/c1-5-6-17(22(30)26-18-13-16(35(25,31)32)9-7-14(18)2)27-23(24)28-21(29)12-15-8-10-19(33-3)20(11-15)34-4/h7-11,13,17H,5-6,12H2,1-4H3,(H,26,30)(H2,25,31,32)(H3,24,27,28,29)/t17-/m1/s1. The van der Waals surface area contributed by atoms with E-state index < -0.39 is 27.9 Å². The van der Waals surface area contributed by atoms with E-state index in [1.54, 1.807) is 25.1 Å². The van der Waals surface area contributed by atoms with E-state index in [0.29, 0.717) is 35.5 Å². The normalized spacial score (nSPS) is 12.5. The van der Waals surface area contributed by atoms with E-state index in [9.17, 15) is 18.0 Å². The molecule has 0 radical (unpaired) electrons. The summed E-state index contributed by atoms with van der Waals surface area (Å²) < 4.78 is 33.7. The fourth-order valence-electron chi connectivity index (χ4n) is 3.22. The average Bonchev–Trinajstić information content (AvgIpc) is 2.79. The maximum Gasteiger partial charge on any atom is 0.249 e. The van der Waals surface area contributed by atoms with Gasteiger partial charge in [-0.2, -0.15) is 0 Å². The Bertz CT molecular complexity index is 1210.